The van der Waals surface area contributed by atoms with E-state index in [0.29, 0.717) is 19.4 Å². The third-order valence-corrected chi connectivity index (χ3v) is 10.6. The molecule has 3 aliphatic rings. The molecule has 34 heavy (non-hydrogen) atoms. The van der Waals surface area contributed by atoms with Gasteiger partial charge in [-0.2, -0.15) is 0 Å². The summed E-state index contributed by atoms with van der Waals surface area (Å²) in [7, 11) is 0. The Bertz CT molecular complexity index is 836. The second-order valence-electron chi connectivity index (χ2n) is 10.0. The monoisotopic (exact) mass is 556 g/mol. The Labute approximate surface area is 215 Å². The number of likely N-dealkylation sites (tertiary alicyclic amines) is 1. The minimum absolute atomic E-state index is 0.0210. The van der Waals surface area contributed by atoms with Crippen LogP contribution >= 0.6 is 27.7 Å². The number of ether oxygens (including phenoxy) is 1. The van der Waals surface area contributed by atoms with Crippen LogP contribution in [0.1, 0.15) is 40.5 Å². The van der Waals surface area contributed by atoms with Gasteiger partial charge in [-0.3, -0.25) is 14.4 Å². The Hall–Kier alpha value is -1.32. The number of carbonyl (C=O) groups excluding carboxylic acids is 3. The van der Waals surface area contributed by atoms with E-state index in [1.54, 1.807) is 33.7 Å². The van der Waals surface area contributed by atoms with E-state index in [4.69, 9.17) is 4.74 Å². The number of halogens is 1. The van der Waals surface area contributed by atoms with E-state index in [1.165, 1.54) is 0 Å². The number of thioether (sulfide) groups is 1. The zero-order valence-corrected chi connectivity index (χ0v) is 22.9. The van der Waals surface area contributed by atoms with Crippen LogP contribution in [0, 0.1) is 17.8 Å². The number of nitrogens with zero attached hydrogens (tertiary/aromatic N) is 2. The summed E-state index contributed by atoms with van der Waals surface area (Å²) in [5.41, 5.74) is 0. The molecule has 0 aliphatic carbocycles. The van der Waals surface area contributed by atoms with Crippen molar-refractivity contribution in [2.24, 2.45) is 17.8 Å². The van der Waals surface area contributed by atoms with Crippen molar-refractivity contribution in [3.05, 3.63) is 25.3 Å². The van der Waals surface area contributed by atoms with E-state index in [-0.39, 0.29) is 47.1 Å². The van der Waals surface area contributed by atoms with Gasteiger partial charge < -0.3 is 19.6 Å². The van der Waals surface area contributed by atoms with Crippen LogP contribution in [0.5, 0.6) is 0 Å². The lowest BCUT2D eigenvalue weighted by atomic mass is 9.71. The van der Waals surface area contributed by atoms with E-state index >= 15 is 0 Å². The maximum absolute atomic E-state index is 14.1. The van der Waals surface area contributed by atoms with Gasteiger partial charge in [0.25, 0.3) is 0 Å². The maximum atomic E-state index is 14.1. The van der Waals surface area contributed by atoms with E-state index in [0.717, 1.165) is 0 Å². The SMILES string of the molecule is C=CCCOC(=O)[C@H]1[C@H]2C(=O)N([C@@H](CO)C(C)C)C(C(=O)N(CC=C)C(C)C)C23CC(Br)[C@@H]1S3. The molecular formula is C25H37BrN2O5S. The summed E-state index contributed by atoms with van der Waals surface area (Å²) < 4.78 is 4.78. The van der Waals surface area contributed by atoms with Crippen LogP contribution in [0.3, 0.4) is 0 Å². The predicted octanol–water partition coefficient (Wildman–Crippen LogP) is 3.01. The first kappa shape index (κ1) is 27.3. The molecule has 3 heterocycles. The number of fused-ring (bicyclic) bond motifs is 1. The van der Waals surface area contributed by atoms with Crippen LogP contribution in [0.25, 0.3) is 0 Å². The Morgan fingerprint density at radius 3 is 2.53 bits per heavy atom. The lowest BCUT2D eigenvalue weighted by Crippen LogP contribution is -2.59. The summed E-state index contributed by atoms with van der Waals surface area (Å²) in [4.78, 5) is 44.7. The number of aliphatic hydroxyl groups is 1. The number of rotatable bonds is 11. The van der Waals surface area contributed by atoms with E-state index < -0.39 is 34.6 Å². The summed E-state index contributed by atoms with van der Waals surface area (Å²) in [5.74, 6) is -2.14. The molecule has 9 heteroatoms. The summed E-state index contributed by atoms with van der Waals surface area (Å²) >= 11 is 5.33. The summed E-state index contributed by atoms with van der Waals surface area (Å²) in [6.45, 7) is 15.5. The highest BCUT2D eigenvalue weighted by Gasteiger charge is 2.76. The fraction of sp³-hybridized carbons (Fsp3) is 0.720. The van der Waals surface area contributed by atoms with Crippen molar-refractivity contribution in [1.29, 1.82) is 0 Å². The van der Waals surface area contributed by atoms with Gasteiger partial charge >= 0.3 is 5.97 Å². The predicted molar refractivity (Wildman–Crippen MR) is 138 cm³/mol. The standard InChI is InChI=1S/C25H37BrN2O5S/c1-7-9-11-33-24(32)18-19-22(30)28(17(13-29)14(3)4)21(23(31)27(10-8-2)15(5)6)25(19)12-16(26)20(18)34-25/h7-8,14-21,29H,1-2,9-13H2,3-6H3/t16?,17-,18-,19-,20-,21?,25?/m0/s1. The molecule has 3 fully saturated rings. The molecule has 7 nitrogen and oxygen atoms in total. The molecule has 3 saturated heterocycles. The maximum Gasteiger partial charge on any atom is 0.310 e. The Balaban J connectivity index is 2.10. The molecule has 2 bridgehead atoms. The second-order valence-corrected chi connectivity index (χ2v) is 12.7. The topological polar surface area (TPSA) is 87.1 Å². The average molecular weight is 558 g/mol. The molecular weight excluding hydrogens is 520 g/mol. The smallest absolute Gasteiger partial charge is 0.310 e. The number of hydrogen-bond acceptors (Lipinski definition) is 6. The normalized spacial score (nSPS) is 32.8. The largest absolute Gasteiger partial charge is 0.465 e. The summed E-state index contributed by atoms with van der Waals surface area (Å²) in [6, 6.07) is -1.38. The lowest BCUT2D eigenvalue weighted by Gasteiger charge is -2.41. The van der Waals surface area contributed by atoms with Crippen molar-refractivity contribution >= 4 is 45.5 Å². The van der Waals surface area contributed by atoms with Crippen LogP contribution in [-0.2, 0) is 19.1 Å². The van der Waals surface area contributed by atoms with Crippen LogP contribution < -0.4 is 0 Å². The molecule has 3 rings (SSSR count). The number of aliphatic hydroxyl groups excluding tert-OH is 1. The molecule has 7 atom stereocenters. The van der Waals surface area contributed by atoms with Crippen molar-refractivity contribution in [1.82, 2.24) is 9.80 Å². The first-order valence-electron chi connectivity index (χ1n) is 12.0. The molecule has 3 aliphatic heterocycles. The molecule has 1 N–H and O–H groups in total. The fourth-order valence-corrected chi connectivity index (χ4v) is 9.37. The zero-order valence-electron chi connectivity index (χ0n) is 20.5. The Morgan fingerprint density at radius 1 is 1.32 bits per heavy atom. The van der Waals surface area contributed by atoms with Crippen molar-refractivity contribution < 1.29 is 24.2 Å². The van der Waals surface area contributed by atoms with Gasteiger partial charge in [0.1, 0.15) is 6.04 Å². The molecule has 0 radical (unpaired) electrons. The fourth-order valence-electron chi connectivity index (χ4n) is 5.78. The lowest BCUT2D eigenvalue weighted by molar-refractivity contribution is -0.154. The number of amides is 2. The molecule has 3 unspecified atom stereocenters. The first-order chi connectivity index (χ1) is 16.1. The molecule has 0 aromatic heterocycles. The van der Waals surface area contributed by atoms with Crippen LogP contribution in [0.15, 0.2) is 25.3 Å². The quantitative estimate of drug-likeness (QED) is 0.182. The van der Waals surface area contributed by atoms with Gasteiger partial charge in [-0.05, 0) is 32.6 Å². The van der Waals surface area contributed by atoms with Crippen LogP contribution in [0.2, 0.25) is 0 Å². The highest BCUT2D eigenvalue weighted by atomic mass is 79.9. The molecule has 0 aromatic rings. The summed E-state index contributed by atoms with van der Waals surface area (Å²) in [5, 5.41) is 10.1. The Kier molecular flexibility index (Phi) is 8.62. The van der Waals surface area contributed by atoms with Crippen LogP contribution in [0.4, 0.5) is 0 Å². The van der Waals surface area contributed by atoms with Gasteiger partial charge in [0.2, 0.25) is 11.8 Å². The third kappa shape index (κ3) is 4.37. The van der Waals surface area contributed by atoms with E-state index in [1.807, 2.05) is 27.7 Å². The first-order valence-corrected chi connectivity index (χ1v) is 13.8. The highest BCUT2D eigenvalue weighted by molar-refractivity contribution is 9.09. The number of esters is 1. The van der Waals surface area contributed by atoms with Crippen molar-refractivity contribution in [2.75, 3.05) is 19.8 Å². The van der Waals surface area contributed by atoms with E-state index in [9.17, 15) is 19.5 Å². The van der Waals surface area contributed by atoms with Gasteiger partial charge in [-0.15, -0.1) is 24.9 Å². The molecule has 190 valence electrons. The van der Waals surface area contributed by atoms with E-state index in [2.05, 4.69) is 29.1 Å². The van der Waals surface area contributed by atoms with Gasteiger partial charge in [0.05, 0.1) is 35.8 Å². The van der Waals surface area contributed by atoms with Crippen molar-refractivity contribution in [2.45, 2.75) is 73.5 Å². The zero-order chi connectivity index (χ0) is 25.4. The average Bonchev–Trinajstić information content (AvgIpc) is 3.36. The minimum atomic E-state index is -0.770. The number of alkyl halides is 1. The third-order valence-electron chi connectivity index (χ3n) is 7.35. The van der Waals surface area contributed by atoms with Gasteiger partial charge in [0, 0.05) is 22.7 Å². The van der Waals surface area contributed by atoms with Crippen LogP contribution in [-0.4, -0.2) is 85.4 Å². The second kappa shape index (κ2) is 10.7. The molecule has 2 amide bonds. The summed E-state index contributed by atoms with van der Waals surface area (Å²) in [6.07, 6.45) is 4.50. The minimum Gasteiger partial charge on any atom is -0.465 e. The number of hydrogen-bond donors (Lipinski definition) is 1. The van der Waals surface area contributed by atoms with Crippen molar-refractivity contribution in [3.63, 3.8) is 0 Å². The number of carbonyl (C=O) groups is 3. The van der Waals surface area contributed by atoms with Gasteiger partial charge in [-0.25, -0.2) is 0 Å². The molecule has 0 aromatic carbocycles. The molecule has 0 saturated carbocycles. The Morgan fingerprint density at radius 2 is 2.00 bits per heavy atom. The van der Waals surface area contributed by atoms with Crippen molar-refractivity contribution in [3.8, 4) is 0 Å². The molecule has 1 spiro atoms. The van der Waals surface area contributed by atoms with Gasteiger partial charge in [0.15, 0.2) is 0 Å². The van der Waals surface area contributed by atoms with Gasteiger partial charge in [-0.1, -0.05) is 41.9 Å². The highest BCUT2D eigenvalue weighted by Crippen LogP contribution is 2.68.